The number of nitrogens with one attached hydrogen (secondary N) is 1. The van der Waals surface area contributed by atoms with Crippen LogP contribution in [0.5, 0.6) is 0 Å². The van der Waals surface area contributed by atoms with E-state index in [1.165, 1.54) is 0 Å². The topological polar surface area (TPSA) is 68.0 Å². The summed E-state index contributed by atoms with van der Waals surface area (Å²) in [5, 5.41) is 5.89. The quantitative estimate of drug-likeness (QED) is 0.892. The summed E-state index contributed by atoms with van der Waals surface area (Å²) >= 11 is 1.58. The first-order valence-corrected chi connectivity index (χ1v) is 7.46. The highest BCUT2D eigenvalue weighted by atomic mass is 32.1. The van der Waals surface area contributed by atoms with Crippen LogP contribution >= 0.6 is 11.3 Å². The van der Waals surface area contributed by atoms with Gasteiger partial charge in [0, 0.05) is 10.8 Å². The number of carbonyl (C=O) groups excluding carboxylic acids is 1. The first-order chi connectivity index (χ1) is 8.56. The van der Waals surface area contributed by atoms with Gasteiger partial charge in [-0.25, -0.2) is 4.98 Å². The van der Waals surface area contributed by atoms with E-state index in [4.69, 9.17) is 5.73 Å². The molecule has 0 aromatic carbocycles. The molecule has 1 aliphatic carbocycles. The zero-order valence-corrected chi connectivity index (χ0v) is 13.1. The predicted octanol–water partition coefficient (Wildman–Crippen LogP) is 2.18. The molecule has 3 N–H and O–H groups in total. The van der Waals surface area contributed by atoms with Crippen molar-refractivity contribution in [2.24, 2.45) is 11.1 Å². The molecule has 1 saturated carbocycles. The lowest BCUT2D eigenvalue weighted by Crippen LogP contribution is -2.45. The summed E-state index contributed by atoms with van der Waals surface area (Å²) in [7, 11) is 0. The number of nitrogens with two attached hydrogens (primary N) is 1. The molecule has 1 aliphatic rings. The highest BCUT2D eigenvalue weighted by molar-refractivity contribution is 7.09. The molecular weight excluding hydrogens is 258 g/mol. The van der Waals surface area contributed by atoms with E-state index in [2.05, 4.69) is 36.5 Å². The molecule has 1 unspecified atom stereocenters. The molecule has 0 spiro atoms. The first kappa shape index (κ1) is 14.5. The molecule has 1 atom stereocenters. The third kappa shape index (κ3) is 2.67. The van der Waals surface area contributed by atoms with Crippen LogP contribution in [0.2, 0.25) is 0 Å². The molecule has 1 fully saturated rings. The smallest absolute Gasteiger partial charge is 0.241 e. The van der Waals surface area contributed by atoms with Crippen LogP contribution in [0, 0.1) is 5.41 Å². The number of hydrogen-bond donors (Lipinski definition) is 2. The number of thiazole rings is 1. The molecule has 1 heterocycles. The minimum atomic E-state index is -0.697. The van der Waals surface area contributed by atoms with Gasteiger partial charge >= 0.3 is 0 Å². The van der Waals surface area contributed by atoms with Crippen LogP contribution < -0.4 is 11.1 Å². The Morgan fingerprint density at radius 3 is 2.53 bits per heavy atom. The van der Waals surface area contributed by atoms with Crippen LogP contribution in [-0.4, -0.2) is 16.4 Å². The predicted molar refractivity (Wildman–Crippen MR) is 78.0 cm³/mol. The molecule has 0 bridgehead atoms. The maximum Gasteiger partial charge on any atom is 0.241 e. The third-order valence-electron chi connectivity index (χ3n) is 3.93. The molecular formula is C14H23N3OS. The Hall–Kier alpha value is -0.940. The molecule has 0 saturated heterocycles. The fourth-order valence-electron chi connectivity index (χ4n) is 2.09. The van der Waals surface area contributed by atoms with Crippen molar-refractivity contribution in [3.8, 4) is 0 Å². The van der Waals surface area contributed by atoms with Crippen molar-refractivity contribution in [3.05, 3.63) is 16.1 Å². The van der Waals surface area contributed by atoms with Crippen molar-refractivity contribution in [2.75, 3.05) is 0 Å². The van der Waals surface area contributed by atoms with Crippen LogP contribution in [0.3, 0.4) is 0 Å². The van der Waals surface area contributed by atoms with Crippen molar-refractivity contribution in [1.82, 2.24) is 10.3 Å². The number of amides is 1. The van der Waals surface area contributed by atoms with Crippen molar-refractivity contribution in [3.63, 3.8) is 0 Å². The van der Waals surface area contributed by atoms with Crippen LogP contribution in [0.15, 0.2) is 5.38 Å². The summed E-state index contributed by atoms with van der Waals surface area (Å²) in [5.41, 5.74) is 6.41. The largest absolute Gasteiger partial charge is 0.348 e. The Morgan fingerprint density at radius 1 is 1.53 bits per heavy atom. The maximum absolute atomic E-state index is 12.1. The minimum Gasteiger partial charge on any atom is -0.348 e. The summed E-state index contributed by atoms with van der Waals surface area (Å²) in [5.74, 6) is -0.0648. The zero-order chi connectivity index (χ0) is 14.5. The van der Waals surface area contributed by atoms with Gasteiger partial charge in [0.25, 0.3) is 0 Å². The molecule has 0 radical (unpaired) electrons. The molecule has 1 aromatic rings. The molecule has 1 amide bonds. The normalized spacial score (nSPS) is 25.2. The van der Waals surface area contributed by atoms with Crippen molar-refractivity contribution < 1.29 is 4.79 Å². The summed E-state index contributed by atoms with van der Waals surface area (Å²) in [6.07, 6.45) is 0.747. The lowest BCUT2D eigenvalue weighted by Gasteiger charge is -2.15. The summed E-state index contributed by atoms with van der Waals surface area (Å²) < 4.78 is 0. The van der Waals surface area contributed by atoms with Crippen LogP contribution in [0.1, 0.15) is 51.7 Å². The summed E-state index contributed by atoms with van der Waals surface area (Å²) in [6.45, 7) is 10.9. The summed E-state index contributed by atoms with van der Waals surface area (Å²) in [4.78, 5) is 16.6. The second-order valence-electron chi connectivity index (χ2n) is 7.09. The fourth-order valence-corrected chi connectivity index (χ4v) is 3.05. The number of nitrogens with zero attached hydrogens (tertiary/aromatic N) is 1. The van der Waals surface area contributed by atoms with Gasteiger partial charge < -0.3 is 11.1 Å². The van der Waals surface area contributed by atoms with E-state index in [1.807, 2.05) is 13.8 Å². The van der Waals surface area contributed by atoms with Gasteiger partial charge in [-0.15, -0.1) is 11.3 Å². The highest BCUT2D eigenvalue weighted by Gasteiger charge is 2.63. The van der Waals surface area contributed by atoms with Gasteiger partial charge in [-0.3, -0.25) is 4.79 Å². The van der Waals surface area contributed by atoms with Gasteiger partial charge in [0.1, 0.15) is 10.5 Å². The van der Waals surface area contributed by atoms with Gasteiger partial charge in [-0.05, 0) is 11.8 Å². The zero-order valence-electron chi connectivity index (χ0n) is 12.3. The number of rotatable bonds is 3. The second-order valence-corrected chi connectivity index (χ2v) is 8.03. The van der Waals surface area contributed by atoms with Crippen molar-refractivity contribution in [1.29, 1.82) is 0 Å². The molecule has 2 rings (SSSR count). The first-order valence-electron chi connectivity index (χ1n) is 6.58. The third-order valence-corrected chi connectivity index (χ3v) is 4.78. The minimum absolute atomic E-state index is 0.0479. The molecule has 4 nitrogen and oxygen atoms in total. The average Bonchev–Trinajstić information content (AvgIpc) is 2.67. The van der Waals surface area contributed by atoms with Gasteiger partial charge in [0.2, 0.25) is 5.91 Å². The average molecular weight is 281 g/mol. The molecule has 0 aliphatic heterocycles. The van der Waals surface area contributed by atoms with Gasteiger partial charge in [-0.1, -0.05) is 34.6 Å². The van der Waals surface area contributed by atoms with E-state index >= 15 is 0 Å². The van der Waals surface area contributed by atoms with Gasteiger partial charge in [-0.2, -0.15) is 0 Å². The summed E-state index contributed by atoms with van der Waals surface area (Å²) in [6, 6.07) is 0. The van der Waals surface area contributed by atoms with Crippen molar-refractivity contribution in [2.45, 2.75) is 58.5 Å². The van der Waals surface area contributed by atoms with Gasteiger partial charge in [0.15, 0.2) is 0 Å². The fraction of sp³-hybridized carbons (Fsp3) is 0.714. The second kappa shape index (κ2) is 4.28. The lowest BCUT2D eigenvalue weighted by molar-refractivity contribution is -0.124. The van der Waals surface area contributed by atoms with Crippen LogP contribution in [-0.2, 0) is 16.8 Å². The number of aromatic nitrogens is 1. The van der Waals surface area contributed by atoms with Crippen LogP contribution in [0.4, 0.5) is 0 Å². The Bertz CT molecular complexity index is 501. The number of carbonyl (C=O) groups is 1. The van der Waals surface area contributed by atoms with Gasteiger partial charge in [0.05, 0.1) is 12.2 Å². The molecule has 5 heteroatoms. The van der Waals surface area contributed by atoms with E-state index in [0.29, 0.717) is 6.54 Å². The lowest BCUT2D eigenvalue weighted by atomic mass is 9.93. The Kier molecular flexibility index (Phi) is 3.26. The highest BCUT2D eigenvalue weighted by Crippen LogP contribution is 2.53. The number of hydrogen-bond acceptors (Lipinski definition) is 4. The van der Waals surface area contributed by atoms with E-state index in [9.17, 15) is 4.79 Å². The van der Waals surface area contributed by atoms with E-state index in [0.717, 1.165) is 17.1 Å². The SMILES string of the molecule is CC(C)(C)c1csc(CNC(=O)C2(N)CC2(C)C)n1. The maximum atomic E-state index is 12.1. The standard InChI is InChI=1S/C14H23N3OS/c1-12(2,3)9-7-19-10(17-9)6-16-11(18)14(15)8-13(14,4)5/h7H,6,8,15H2,1-5H3,(H,16,18). The molecule has 106 valence electrons. The van der Waals surface area contributed by atoms with E-state index in [-0.39, 0.29) is 16.7 Å². The Balaban J connectivity index is 1.94. The van der Waals surface area contributed by atoms with E-state index < -0.39 is 5.54 Å². The Morgan fingerprint density at radius 2 is 2.11 bits per heavy atom. The van der Waals surface area contributed by atoms with Crippen LogP contribution in [0.25, 0.3) is 0 Å². The monoisotopic (exact) mass is 281 g/mol. The van der Waals surface area contributed by atoms with Crippen molar-refractivity contribution >= 4 is 17.2 Å². The Labute approximate surface area is 118 Å². The van der Waals surface area contributed by atoms with E-state index in [1.54, 1.807) is 11.3 Å². The molecule has 1 aromatic heterocycles. The molecule has 19 heavy (non-hydrogen) atoms.